The van der Waals surface area contributed by atoms with E-state index in [-0.39, 0.29) is 17.9 Å². The molecule has 3 N–H and O–H groups in total. The number of carbonyl (C=O) groups is 1. The molecular weight excluding hydrogens is 234 g/mol. The van der Waals surface area contributed by atoms with Crippen LogP contribution in [0.4, 0.5) is 0 Å². The van der Waals surface area contributed by atoms with Crippen molar-refractivity contribution in [2.45, 2.75) is 45.2 Å². The number of nitrogens with zero attached hydrogens (tertiary/aromatic N) is 1. The summed E-state index contributed by atoms with van der Waals surface area (Å²) in [7, 11) is 0. The first-order valence-electron chi connectivity index (χ1n) is 6.10. The van der Waals surface area contributed by atoms with Gasteiger partial charge >= 0.3 is 0 Å². The number of rotatable bonds is 4. The van der Waals surface area contributed by atoms with Crippen molar-refractivity contribution in [3.05, 3.63) is 16.1 Å². The van der Waals surface area contributed by atoms with Crippen molar-refractivity contribution in [1.82, 2.24) is 10.3 Å². The van der Waals surface area contributed by atoms with E-state index in [2.05, 4.69) is 15.7 Å². The highest BCUT2D eigenvalue weighted by Crippen LogP contribution is 2.24. The van der Waals surface area contributed by atoms with Gasteiger partial charge < -0.3 is 11.1 Å². The van der Waals surface area contributed by atoms with Crippen molar-refractivity contribution in [2.75, 3.05) is 0 Å². The van der Waals surface area contributed by atoms with E-state index in [0.717, 1.165) is 36.5 Å². The van der Waals surface area contributed by atoms with Crippen molar-refractivity contribution in [3.63, 3.8) is 0 Å². The fourth-order valence-electron chi connectivity index (χ4n) is 2.44. The fraction of sp³-hybridized carbons (Fsp3) is 0.667. The predicted molar refractivity (Wildman–Crippen MR) is 68.6 cm³/mol. The fourth-order valence-corrected chi connectivity index (χ4v) is 3.05. The number of thiazole rings is 1. The molecule has 0 aliphatic heterocycles. The first-order chi connectivity index (χ1) is 8.16. The quantitative estimate of drug-likeness (QED) is 0.856. The Bertz CT molecular complexity index is 391. The number of aromatic nitrogens is 1. The van der Waals surface area contributed by atoms with Gasteiger partial charge in [0.05, 0.1) is 16.6 Å². The number of carbonyl (C=O) groups excluding carboxylic acids is 1. The third-order valence-electron chi connectivity index (χ3n) is 3.34. The van der Waals surface area contributed by atoms with Gasteiger partial charge in [0.1, 0.15) is 0 Å². The predicted octanol–water partition coefficient (Wildman–Crippen LogP) is 1.59. The summed E-state index contributed by atoms with van der Waals surface area (Å²) in [5, 5.41) is 6.57. The summed E-state index contributed by atoms with van der Waals surface area (Å²) in [4.78, 5) is 15.8. The van der Waals surface area contributed by atoms with Crippen LogP contribution >= 0.6 is 11.3 Å². The standard InChI is InChI=1S/C12H19N3OS/c1-8-15-9(7-17-8)6-14-11-5-3-2-4-10(11)12(13)16/h7,10-11,14H,2-6H2,1H3,(H2,13,16)/t10-,11-/m1/s1. The lowest BCUT2D eigenvalue weighted by molar-refractivity contribution is -0.123. The van der Waals surface area contributed by atoms with Crippen LogP contribution in [-0.4, -0.2) is 16.9 Å². The molecule has 1 amide bonds. The zero-order valence-corrected chi connectivity index (χ0v) is 10.9. The second-order valence-electron chi connectivity index (χ2n) is 4.64. The summed E-state index contributed by atoms with van der Waals surface area (Å²) in [5.74, 6) is -0.180. The lowest BCUT2D eigenvalue weighted by Crippen LogP contribution is -2.44. The van der Waals surface area contributed by atoms with E-state index in [4.69, 9.17) is 5.73 Å². The highest BCUT2D eigenvalue weighted by molar-refractivity contribution is 7.09. The average molecular weight is 253 g/mol. The van der Waals surface area contributed by atoms with E-state index in [1.165, 1.54) is 6.42 Å². The molecular formula is C12H19N3OS. The zero-order chi connectivity index (χ0) is 12.3. The van der Waals surface area contributed by atoms with Crippen molar-refractivity contribution in [1.29, 1.82) is 0 Å². The number of nitrogens with two attached hydrogens (primary N) is 1. The number of hydrogen-bond donors (Lipinski definition) is 2. The van der Waals surface area contributed by atoms with Gasteiger partial charge in [-0.3, -0.25) is 4.79 Å². The highest BCUT2D eigenvalue weighted by atomic mass is 32.1. The van der Waals surface area contributed by atoms with Crippen molar-refractivity contribution in [3.8, 4) is 0 Å². The van der Waals surface area contributed by atoms with Gasteiger partial charge in [-0.05, 0) is 19.8 Å². The van der Waals surface area contributed by atoms with Gasteiger partial charge in [0.2, 0.25) is 5.91 Å². The SMILES string of the molecule is Cc1nc(CN[C@@H]2CCCC[C@H]2C(N)=O)cs1. The maximum absolute atomic E-state index is 11.3. The van der Waals surface area contributed by atoms with Crippen LogP contribution in [0.15, 0.2) is 5.38 Å². The van der Waals surface area contributed by atoms with Crippen molar-refractivity contribution < 1.29 is 4.79 Å². The molecule has 1 aliphatic carbocycles. The van der Waals surface area contributed by atoms with E-state index < -0.39 is 0 Å². The number of amides is 1. The lowest BCUT2D eigenvalue weighted by Gasteiger charge is -2.29. The maximum Gasteiger partial charge on any atom is 0.222 e. The average Bonchev–Trinajstić information content (AvgIpc) is 2.73. The molecule has 2 rings (SSSR count). The highest BCUT2D eigenvalue weighted by Gasteiger charge is 2.28. The van der Waals surface area contributed by atoms with Crippen LogP contribution < -0.4 is 11.1 Å². The second kappa shape index (κ2) is 5.60. The van der Waals surface area contributed by atoms with E-state index in [9.17, 15) is 4.79 Å². The third kappa shape index (κ3) is 3.26. The smallest absolute Gasteiger partial charge is 0.222 e. The molecule has 0 saturated heterocycles. The molecule has 0 radical (unpaired) electrons. The Hall–Kier alpha value is -0.940. The molecule has 0 unspecified atom stereocenters. The minimum absolute atomic E-state index is 0.0107. The second-order valence-corrected chi connectivity index (χ2v) is 5.70. The Labute approximate surface area is 106 Å². The maximum atomic E-state index is 11.3. The molecule has 1 saturated carbocycles. The Morgan fingerprint density at radius 1 is 1.59 bits per heavy atom. The summed E-state index contributed by atoms with van der Waals surface area (Å²) >= 11 is 1.66. The van der Waals surface area contributed by atoms with Crippen LogP contribution in [-0.2, 0) is 11.3 Å². The van der Waals surface area contributed by atoms with E-state index in [1.807, 2.05) is 6.92 Å². The van der Waals surface area contributed by atoms with Crippen LogP contribution in [0.1, 0.15) is 36.4 Å². The summed E-state index contributed by atoms with van der Waals surface area (Å²) < 4.78 is 0. The molecule has 5 heteroatoms. The topological polar surface area (TPSA) is 68.0 Å². The number of nitrogens with one attached hydrogen (secondary N) is 1. The van der Waals surface area contributed by atoms with Crippen LogP contribution in [0.2, 0.25) is 0 Å². The molecule has 4 nitrogen and oxygen atoms in total. The molecule has 17 heavy (non-hydrogen) atoms. The van der Waals surface area contributed by atoms with Gasteiger partial charge in [0.15, 0.2) is 0 Å². The molecule has 1 aromatic heterocycles. The van der Waals surface area contributed by atoms with Gasteiger partial charge in [-0.15, -0.1) is 11.3 Å². The largest absolute Gasteiger partial charge is 0.369 e. The molecule has 0 bridgehead atoms. The van der Waals surface area contributed by atoms with Crippen LogP contribution in [0.3, 0.4) is 0 Å². The van der Waals surface area contributed by atoms with Crippen molar-refractivity contribution >= 4 is 17.2 Å². The summed E-state index contributed by atoms with van der Waals surface area (Å²) in [6.07, 6.45) is 4.25. The Balaban J connectivity index is 1.90. The Morgan fingerprint density at radius 3 is 3.00 bits per heavy atom. The molecule has 94 valence electrons. The molecule has 1 fully saturated rings. The van der Waals surface area contributed by atoms with Gasteiger partial charge in [-0.25, -0.2) is 4.98 Å². The number of aryl methyl sites for hydroxylation is 1. The molecule has 1 aliphatic rings. The van der Waals surface area contributed by atoms with E-state index in [1.54, 1.807) is 11.3 Å². The number of hydrogen-bond acceptors (Lipinski definition) is 4. The summed E-state index contributed by atoms with van der Waals surface area (Å²) in [6.45, 7) is 2.74. The summed E-state index contributed by atoms with van der Waals surface area (Å²) in [6, 6.07) is 0.225. The normalized spacial score (nSPS) is 24.8. The van der Waals surface area contributed by atoms with Gasteiger partial charge in [-0.2, -0.15) is 0 Å². The first kappa shape index (κ1) is 12.5. The molecule has 0 spiro atoms. The Kier molecular flexibility index (Phi) is 4.12. The first-order valence-corrected chi connectivity index (χ1v) is 6.98. The molecule has 1 heterocycles. The molecule has 2 atom stereocenters. The monoisotopic (exact) mass is 253 g/mol. The van der Waals surface area contributed by atoms with Gasteiger partial charge in [-0.1, -0.05) is 12.8 Å². The van der Waals surface area contributed by atoms with Crippen molar-refractivity contribution in [2.24, 2.45) is 11.7 Å². The van der Waals surface area contributed by atoms with Crippen LogP contribution in [0, 0.1) is 12.8 Å². The molecule has 1 aromatic rings. The third-order valence-corrected chi connectivity index (χ3v) is 4.17. The minimum atomic E-state index is -0.170. The van der Waals surface area contributed by atoms with Gasteiger partial charge in [0.25, 0.3) is 0 Å². The van der Waals surface area contributed by atoms with Gasteiger partial charge in [0, 0.05) is 18.0 Å². The lowest BCUT2D eigenvalue weighted by atomic mass is 9.84. The molecule has 0 aromatic carbocycles. The van der Waals surface area contributed by atoms with Crippen LogP contribution in [0.25, 0.3) is 0 Å². The summed E-state index contributed by atoms with van der Waals surface area (Å²) in [5.41, 5.74) is 6.49. The zero-order valence-electron chi connectivity index (χ0n) is 10.1. The number of primary amides is 1. The van der Waals surface area contributed by atoms with E-state index >= 15 is 0 Å². The van der Waals surface area contributed by atoms with Crippen LogP contribution in [0.5, 0.6) is 0 Å². The Morgan fingerprint density at radius 2 is 2.35 bits per heavy atom. The van der Waals surface area contributed by atoms with E-state index in [0.29, 0.717) is 0 Å². The minimum Gasteiger partial charge on any atom is -0.369 e.